The molecule has 1 aromatic carbocycles. The summed E-state index contributed by atoms with van der Waals surface area (Å²) in [6.07, 6.45) is 0. The lowest BCUT2D eigenvalue weighted by molar-refractivity contribution is -0.114. The first-order chi connectivity index (χ1) is 7.56. The van der Waals surface area contributed by atoms with Gasteiger partial charge in [0, 0.05) is 24.1 Å². The smallest absolute Gasteiger partial charge is 0.251 e. The van der Waals surface area contributed by atoms with Crippen molar-refractivity contribution in [3.63, 3.8) is 0 Å². The number of rotatable bonds is 1. The summed E-state index contributed by atoms with van der Waals surface area (Å²) in [6, 6.07) is 6.28. The molecule has 0 unspecified atom stereocenters. The Morgan fingerprint density at radius 2 is 2.12 bits per heavy atom. The number of carbonyl (C=O) groups is 1. The van der Waals surface area contributed by atoms with Gasteiger partial charge in [0.05, 0.1) is 0 Å². The second-order valence-corrected chi connectivity index (χ2v) is 3.47. The minimum Gasteiger partial charge on any atom is -0.494 e. The molecule has 0 spiro atoms. The third kappa shape index (κ3) is 1.88. The molecule has 5 nitrogen and oxygen atoms in total. The lowest BCUT2D eigenvalue weighted by atomic mass is 10.1. The van der Waals surface area contributed by atoms with Crippen LogP contribution in [0.2, 0.25) is 0 Å². The molecule has 82 valence electrons. The Labute approximate surface area is 90.7 Å². The highest BCUT2D eigenvalue weighted by Gasteiger charge is 2.03. The standard InChI is InChI=1S/C11H10N2O3/c1-6(14)12-8-2-3-9-7(4-8)5-10(15)13-11(9)16/h2-5H,1H3,(H,12,14)(H2,13,15,16). The summed E-state index contributed by atoms with van der Waals surface area (Å²) in [6.45, 7) is 1.40. The molecule has 0 saturated carbocycles. The van der Waals surface area contributed by atoms with Gasteiger partial charge in [0.2, 0.25) is 5.91 Å². The highest BCUT2D eigenvalue weighted by Crippen LogP contribution is 2.23. The number of fused-ring (bicyclic) bond motifs is 1. The molecular weight excluding hydrogens is 208 g/mol. The van der Waals surface area contributed by atoms with Crippen LogP contribution in [0.4, 0.5) is 5.69 Å². The minimum absolute atomic E-state index is 0.170. The monoisotopic (exact) mass is 218 g/mol. The Hall–Kier alpha value is -2.30. The zero-order valence-electron chi connectivity index (χ0n) is 8.57. The number of aromatic nitrogens is 1. The van der Waals surface area contributed by atoms with Crippen LogP contribution in [0.3, 0.4) is 0 Å². The van der Waals surface area contributed by atoms with Crippen LogP contribution >= 0.6 is 0 Å². The fraction of sp³-hybridized carbons (Fsp3) is 0.0909. The third-order valence-corrected chi connectivity index (χ3v) is 2.16. The van der Waals surface area contributed by atoms with Crippen molar-refractivity contribution in [2.24, 2.45) is 0 Å². The van der Waals surface area contributed by atoms with E-state index in [0.717, 1.165) is 0 Å². The molecule has 0 fully saturated rings. The lowest BCUT2D eigenvalue weighted by Crippen LogP contribution is -2.06. The molecule has 2 aromatic rings. The topological polar surface area (TPSA) is 82.2 Å². The SMILES string of the molecule is CC(=O)Nc1ccc2c(O)[nH]c(=O)cc2c1. The molecule has 2 rings (SSSR count). The van der Waals surface area contributed by atoms with Gasteiger partial charge in [-0.05, 0) is 23.6 Å². The Kier molecular flexibility index (Phi) is 2.36. The van der Waals surface area contributed by atoms with Crippen molar-refractivity contribution < 1.29 is 9.90 Å². The number of benzene rings is 1. The molecule has 16 heavy (non-hydrogen) atoms. The van der Waals surface area contributed by atoms with Gasteiger partial charge in [-0.25, -0.2) is 0 Å². The summed E-state index contributed by atoms with van der Waals surface area (Å²) >= 11 is 0. The van der Waals surface area contributed by atoms with Crippen molar-refractivity contribution in [1.29, 1.82) is 0 Å². The number of pyridine rings is 1. The van der Waals surface area contributed by atoms with E-state index in [1.54, 1.807) is 18.2 Å². The number of carbonyl (C=O) groups excluding carboxylic acids is 1. The molecule has 0 aliphatic carbocycles. The van der Waals surface area contributed by atoms with E-state index >= 15 is 0 Å². The van der Waals surface area contributed by atoms with Gasteiger partial charge < -0.3 is 10.4 Å². The van der Waals surface area contributed by atoms with Gasteiger partial charge in [-0.15, -0.1) is 0 Å². The molecule has 0 bridgehead atoms. The highest BCUT2D eigenvalue weighted by atomic mass is 16.3. The van der Waals surface area contributed by atoms with Gasteiger partial charge in [-0.1, -0.05) is 0 Å². The van der Waals surface area contributed by atoms with Gasteiger partial charge in [-0.2, -0.15) is 0 Å². The van der Waals surface area contributed by atoms with E-state index in [1.165, 1.54) is 13.0 Å². The number of anilines is 1. The van der Waals surface area contributed by atoms with Gasteiger partial charge in [-0.3, -0.25) is 14.6 Å². The normalized spacial score (nSPS) is 10.3. The van der Waals surface area contributed by atoms with Gasteiger partial charge in [0.15, 0.2) is 5.88 Å². The average molecular weight is 218 g/mol. The van der Waals surface area contributed by atoms with E-state index in [0.29, 0.717) is 16.5 Å². The summed E-state index contributed by atoms with van der Waals surface area (Å²) < 4.78 is 0. The summed E-state index contributed by atoms with van der Waals surface area (Å²) in [5.41, 5.74) is 0.204. The number of nitrogens with one attached hydrogen (secondary N) is 2. The van der Waals surface area contributed by atoms with Crippen molar-refractivity contribution in [2.75, 3.05) is 5.32 Å². The lowest BCUT2D eigenvalue weighted by Gasteiger charge is -2.04. The molecule has 1 aromatic heterocycles. The Morgan fingerprint density at radius 3 is 2.81 bits per heavy atom. The van der Waals surface area contributed by atoms with E-state index in [2.05, 4.69) is 10.3 Å². The Bertz CT molecular complexity index is 616. The molecule has 5 heteroatoms. The second kappa shape index (κ2) is 3.69. The van der Waals surface area contributed by atoms with Crippen LogP contribution in [-0.4, -0.2) is 16.0 Å². The number of aromatic hydroxyl groups is 1. The fourth-order valence-corrected chi connectivity index (χ4v) is 1.54. The molecule has 1 amide bonds. The Morgan fingerprint density at radius 1 is 1.38 bits per heavy atom. The van der Waals surface area contributed by atoms with Crippen LogP contribution in [0.15, 0.2) is 29.1 Å². The minimum atomic E-state index is -0.384. The maximum atomic E-state index is 11.1. The van der Waals surface area contributed by atoms with Crippen LogP contribution in [-0.2, 0) is 4.79 Å². The summed E-state index contributed by atoms with van der Waals surface area (Å²) in [5.74, 6) is -0.356. The van der Waals surface area contributed by atoms with Crippen LogP contribution < -0.4 is 10.9 Å². The summed E-state index contributed by atoms with van der Waals surface area (Å²) in [4.78, 5) is 24.3. The first-order valence-corrected chi connectivity index (χ1v) is 4.70. The highest BCUT2D eigenvalue weighted by molar-refractivity contribution is 5.94. The molecule has 0 aliphatic rings. The van der Waals surface area contributed by atoms with Crippen molar-refractivity contribution in [2.45, 2.75) is 6.92 Å². The number of hydrogen-bond acceptors (Lipinski definition) is 3. The molecule has 0 aliphatic heterocycles. The van der Waals surface area contributed by atoms with Crippen LogP contribution in [0, 0.1) is 0 Å². The zero-order valence-corrected chi connectivity index (χ0v) is 8.57. The second-order valence-electron chi connectivity index (χ2n) is 3.47. The molecule has 1 heterocycles. The van der Waals surface area contributed by atoms with Crippen molar-refractivity contribution >= 4 is 22.4 Å². The average Bonchev–Trinajstić information content (AvgIpc) is 2.15. The van der Waals surface area contributed by atoms with Crippen molar-refractivity contribution in [3.8, 4) is 5.88 Å². The van der Waals surface area contributed by atoms with Gasteiger partial charge in [0.1, 0.15) is 0 Å². The first kappa shape index (κ1) is 10.2. The Balaban J connectivity index is 2.61. The van der Waals surface area contributed by atoms with Crippen LogP contribution in [0.25, 0.3) is 10.8 Å². The largest absolute Gasteiger partial charge is 0.494 e. The van der Waals surface area contributed by atoms with Crippen LogP contribution in [0.5, 0.6) is 5.88 Å². The van der Waals surface area contributed by atoms with E-state index < -0.39 is 0 Å². The zero-order chi connectivity index (χ0) is 11.7. The number of amides is 1. The molecular formula is C11H10N2O3. The maximum absolute atomic E-state index is 11.1. The van der Waals surface area contributed by atoms with Crippen molar-refractivity contribution in [1.82, 2.24) is 4.98 Å². The molecule has 3 N–H and O–H groups in total. The van der Waals surface area contributed by atoms with E-state index in [4.69, 9.17) is 0 Å². The van der Waals surface area contributed by atoms with Gasteiger partial charge >= 0.3 is 0 Å². The molecule has 0 atom stereocenters. The third-order valence-electron chi connectivity index (χ3n) is 2.16. The molecule has 0 radical (unpaired) electrons. The summed E-state index contributed by atoms with van der Waals surface area (Å²) in [5, 5.41) is 13.2. The van der Waals surface area contributed by atoms with Gasteiger partial charge in [0.25, 0.3) is 5.56 Å². The predicted molar refractivity (Wildman–Crippen MR) is 60.5 cm³/mol. The number of hydrogen-bond donors (Lipinski definition) is 3. The predicted octanol–water partition coefficient (Wildman–Crippen LogP) is 1.19. The number of aromatic amines is 1. The quantitative estimate of drug-likeness (QED) is 0.672. The number of H-pyrrole nitrogens is 1. The van der Waals surface area contributed by atoms with Crippen LogP contribution in [0.1, 0.15) is 6.92 Å². The summed E-state index contributed by atoms with van der Waals surface area (Å²) in [7, 11) is 0. The van der Waals surface area contributed by atoms with E-state index in [9.17, 15) is 14.7 Å². The fourth-order valence-electron chi connectivity index (χ4n) is 1.54. The maximum Gasteiger partial charge on any atom is 0.251 e. The van der Waals surface area contributed by atoms with E-state index in [-0.39, 0.29) is 17.3 Å². The van der Waals surface area contributed by atoms with Crippen molar-refractivity contribution in [3.05, 3.63) is 34.6 Å². The van der Waals surface area contributed by atoms with E-state index in [1.807, 2.05) is 0 Å². The molecule has 0 saturated heterocycles. The first-order valence-electron chi connectivity index (χ1n) is 4.70.